The highest BCUT2D eigenvalue weighted by atomic mass is 16.5. The Morgan fingerprint density at radius 2 is 1.65 bits per heavy atom. The zero-order chi connectivity index (χ0) is 18.4. The van der Waals surface area contributed by atoms with E-state index >= 15 is 0 Å². The molecule has 1 atom stereocenters. The largest absolute Gasteiger partial charge is 0.494 e. The maximum absolute atomic E-state index is 6.17. The molecule has 3 heteroatoms. The lowest BCUT2D eigenvalue weighted by molar-refractivity contribution is 0.319. The minimum absolute atomic E-state index is 0.193. The van der Waals surface area contributed by atoms with Gasteiger partial charge in [0.2, 0.25) is 0 Å². The van der Waals surface area contributed by atoms with E-state index in [1.807, 2.05) is 26.0 Å². The second-order valence-electron chi connectivity index (χ2n) is 6.34. The average Bonchev–Trinajstić information content (AvgIpc) is 2.67. The third-order valence-corrected chi connectivity index (χ3v) is 4.67. The summed E-state index contributed by atoms with van der Waals surface area (Å²) < 4.78 is 11.5. The van der Waals surface area contributed by atoms with Gasteiger partial charge in [-0.3, -0.25) is 0 Å². The van der Waals surface area contributed by atoms with Gasteiger partial charge in [-0.15, -0.1) is 0 Å². The van der Waals surface area contributed by atoms with Crippen LogP contribution in [0.1, 0.15) is 30.9 Å². The molecule has 0 saturated heterocycles. The molecule has 3 nitrogen and oxygen atoms in total. The van der Waals surface area contributed by atoms with Crippen molar-refractivity contribution in [2.24, 2.45) is 5.73 Å². The van der Waals surface area contributed by atoms with E-state index in [-0.39, 0.29) is 5.92 Å². The first kappa shape index (κ1) is 18.3. The molecule has 0 aliphatic rings. The van der Waals surface area contributed by atoms with Crippen molar-refractivity contribution in [2.45, 2.75) is 26.2 Å². The molecule has 3 aromatic rings. The van der Waals surface area contributed by atoms with Gasteiger partial charge in [-0.2, -0.15) is 0 Å². The van der Waals surface area contributed by atoms with Crippen LogP contribution in [0.15, 0.2) is 60.7 Å². The molecule has 0 spiro atoms. The highest BCUT2D eigenvalue weighted by Gasteiger charge is 2.18. The van der Waals surface area contributed by atoms with Gasteiger partial charge < -0.3 is 15.2 Å². The minimum Gasteiger partial charge on any atom is -0.494 e. The van der Waals surface area contributed by atoms with E-state index in [1.54, 1.807) is 0 Å². The molecule has 0 saturated carbocycles. The van der Waals surface area contributed by atoms with E-state index in [1.165, 1.54) is 16.3 Å². The van der Waals surface area contributed by atoms with Crippen molar-refractivity contribution in [2.75, 3.05) is 19.8 Å². The summed E-state index contributed by atoms with van der Waals surface area (Å²) in [7, 11) is 0. The number of ether oxygens (including phenoxy) is 2. The van der Waals surface area contributed by atoms with Gasteiger partial charge in [0.05, 0.1) is 13.2 Å². The number of benzene rings is 3. The van der Waals surface area contributed by atoms with Crippen molar-refractivity contribution < 1.29 is 9.47 Å². The third kappa shape index (κ3) is 4.00. The fourth-order valence-electron chi connectivity index (χ4n) is 3.45. The van der Waals surface area contributed by atoms with Gasteiger partial charge >= 0.3 is 0 Å². The SMILES string of the molecule is CCOc1ccc(C(CN)Cc2cccc3ccccc23)c(OCC)c1. The first-order chi connectivity index (χ1) is 12.8. The Labute approximate surface area is 155 Å². The van der Waals surface area contributed by atoms with Crippen LogP contribution in [0.5, 0.6) is 11.5 Å². The molecule has 136 valence electrons. The minimum atomic E-state index is 0.193. The molecular formula is C23H27NO2. The van der Waals surface area contributed by atoms with Crippen molar-refractivity contribution in [1.82, 2.24) is 0 Å². The summed E-state index contributed by atoms with van der Waals surface area (Å²) in [6.45, 7) is 5.81. The molecule has 3 aromatic carbocycles. The number of hydrogen-bond acceptors (Lipinski definition) is 3. The van der Waals surface area contributed by atoms with Gasteiger partial charge in [0.15, 0.2) is 0 Å². The Morgan fingerprint density at radius 1 is 0.885 bits per heavy atom. The molecular weight excluding hydrogens is 322 g/mol. The molecule has 0 fully saturated rings. The van der Waals surface area contributed by atoms with Gasteiger partial charge in [-0.1, -0.05) is 48.5 Å². The molecule has 0 radical (unpaired) electrons. The quantitative estimate of drug-likeness (QED) is 0.627. The predicted octanol–water partition coefficient (Wildman–Crippen LogP) is 4.92. The maximum atomic E-state index is 6.17. The Bertz CT molecular complexity index is 854. The number of fused-ring (bicyclic) bond motifs is 1. The van der Waals surface area contributed by atoms with Crippen molar-refractivity contribution in [3.8, 4) is 11.5 Å². The lowest BCUT2D eigenvalue weighted by atomic mass is 9.89. The van der Waals surface area contributed by atoms with Crippen LogP contribution in [-0.2, 0) is 6.42 Å². The zero-order valence-corrected chi connectivity index (χ0v) is 15.6. The average molecular weight is 349 g/mol. The number of hydrogen-bond donors (Lipinski definition) is 1. The summed E-state index contributed by atoms with van der Waals surface area (Å²) in [6, 6.07) is 21.0. The first-order valence-corrected chi connectivity index (χ1v) is 9.33. The molecule has 3 rings (SSSR count). The number of rotatable bonds is 8. The van der Waals surface area contributed by atoms with Crippen LogP contribution >= 0.6 is 0 Å². The molecule has 0 amide bonds. The molecule has 0 heterocycles. The normalized spacial score (nSPS) is 12.1. The monoisotopic (exact) mass is 349 g/mol. The number of nitrogens with two attached hydrogens (primary N) is 1. The van der Waals surface area contributed by atoms with E-state index in [0.29, 0.717) is 19.8 Å². The van der Waals surface area contributed by atoms with Crippen LogP contribution < -0.4 is 15.2 Å². The van der Waals surface area contributed by atoms with Gasteiger partial charge in [0, 0.05) is 12.0 Å². The molecule has 26 heavy (non-hydrogen) atoms. The Morgan fingerprint density at radius 3 is 2.42 bits per heavy atom. The fraction of sp³-hybridized carbons (Fsp3) is 0.304. The summed E-state index contributed by atoms with van der Waals surface area (Å²) >= 11 is 0. The van der Waals surface area contributed by atoms with E-state index in [9.17, 15) is 0 Å². The van der Waals surface area contributed by atoms with Crippen molar-refractivity contribution in [1.29, 1.82) is 0 Å². The van der Waals surface area contributed by atoms with Crippen LogP contribution in [0, 0.1) is 0 Å². The topological polar surface area (TPSA) is 44.5 Å². The van der Waals surface area contributed by atoms with E-state index in [4.69, 9.17) is 15.2 Å². The molecule has 0 aliphatic carbocycles. The van der Waals surface area contributed by atoms with Crippen LogP contribution in [0.4, 0.5) is 0 Å². The van der Waals surface area contributed by atoms with E-state index in [0.717, 1.165) is 23.5 Å². The third-order valence-electron chi connectivity index (χ3n) is 4.67. The van der Waals surface area contributed by atoms with Crippen LogP contribution in [0.25, 0.3) is 10.8 Å². The molecule has 2 N–H and O–H groups in total. The second-order valence-corrected chi connectivity index (χ2v) is 6.34. The van der Waals surface area contributed by atoms with Crippen molar-refractivity contribution >= 4 is 10.8 Å². The summed E-state index contributed by atoms with van der Waals surface area (Å²) in [5.41, 5.74) is 8.63. The summed E-state index contributed by atoms with van der Waals surface area (Å²) in [5.74, 6) is 1.90. The Hall–Kier alpha value is -2.52. The maximum Gasteiger partial charge on any atom is 0.126 e. The summed E-state index contributed by atoms with van der Waals surface area (Å²) in [5, 5.41) is 2.55. The lowest BCUT2D eigenvalue weighted by Crippen LogP contribution is -2.16. The van der Waals surface area contributed by atoms with Gasteiger partial charge in [0.1, 0.15) is 11.5 Å². The molecule has 0 aromatic heterocycles. The fourth-order valence-corrected chi connectivity index (χ4v) is 3.45. The van der Waals surface area contributed by atoms with Crippen LogP contribution in [0.3, 0.4) is 0 Å². The smallest absolute Gasteiger partial charge is 0.126 e. The van der Waals surface area contributed by atoms with Crippen molar-refractivity contribution in [3.05, 3.63) is 71.8 Å². The lowest BCUT2D eigenvalue weighted by Gasteiger charge is -2.21. The van der Waals surface area contributed by atoms with E-state index in [2.05, 4.69) is 48.5 Å². The van der Waals surface area contributed by atoms with Gasteiger partial charge in [-0.25, -0.2) is 0 Å². The standard InChI is InChI=1S/C23H27NO2/c1-3-25-20-12-13-22(23(15-20)26-4-2)19(16-24)14-18-10-7-9-17-8-5-6-11-21(17)18/h5-13,15,19H,3-4,14,16,24H2,1-2H3. The summed E-state index contributed by atoms with van der Waals surface area (Å²) in [4.78, 5) is 0. The van der Waals surface area contributed by atoms with Crippen LogP contribution in [0.2, 0.25) is 0 Å². The van der Waals surface area contributed by atoms with Gasteiger partial charge in [0.25, 0.3) is 0 Å². The molecule has 1 unspecified atom stereocenters. The van der Waals surface area contributed by atoms with Gasteiger partial charge in [-0.05, 0) is 54.8 Å². The molecule has 0 aliphatic heterocycles. The van der Waals surface area contributed by atoms with Crippen molar-refractivity contribution in [3.63, 3.8) is 0 Å². The van der Waals surface area contributed by atoms with E-state index < -0.39 is 0 Å². The predicted molar refractivity (Wildman–Crippen MR) is 108 cm³/mol. The second kappa shape index (κ2) is 8.72. The highest BCUT2D eigenvalue weighted by molar-refractivity contribution is 5.85. The summed E-state index contributed by atoms with van der Waals surface area (Å²) in [6.07, 6.45) is 0.881. The zero-order valence-electron chi connectivity index (χ0n) is 15.6. The Kier molecular flexibility index (Phi) is 6.13. The molecule has 0 bridgehead atoms. The Balaban J connectivity index is 1.95. The van der Waals surface area contributed by atoms with Crippen LogP contribution in [-0.4, -0.2) is 19.8 Å². The highest BCUT2D eigenvalue weighted by Crippen LogP contribution is 2.33. The first-order valence-electron chi connectivity index (χ1n) is 9.33.